The largest absolute Gasteiger partial charge is 0.370 e. The number of likely N-dealkylation sites (tertiary alicyclic amines) is 1. The second-order valence-electron chi connectivity index (χ2n) is 8.26. The SMILES string of the molecule is Clc1cc(-c2c[nH]c3ncccc23)cc(NCC2CCCN(CC3CC3)C2)n1. The topological polar surface area (TPSA) is 56.8 Å². The summed E-state index contributed by atoms with van der Waals surface area (Å²) in [6, 6.07) is 8.04. The van der Waals surface area contributed by atoms with Gasteiger partial charge in [0, 0.05) is 43.0 Å². The van der Waals surface area contributed by atoms with Gasteiger partial charge >= 0.3 is 0 Å². The summed E-state index contributed by atoms with van der Waals surface area (Å²) in [5.41, 5.74) is 3.04. The lowest BCUT2D eigenvalue weighted by Crippen LogP contribution is -2.39. The maximum atomic E-state index is 6.34. The first-order chi connectivity index (χ1) is 13.7. The van der Waals surface area contributed by atoms with Crippen LogP contribution in [-0.2, 0) is 0 Å². The molecule has 2 aliphatic rings. The smallest absolute Gasteiger partial charge is 0.137 e. The Balaban J connectivity index is 1.29. The lowest BCUT2D eigenvalue weighted by Gasteiger charge is -2.33. The number of nitrogens with zero attached hydrogens (tertiary/aromatic N) is 3. The highest BCUT2D eigenvalue weighted by Crippen LogP contribution is 2.32. The van der Waals surface area contributed by atoms with Gasteiger partial charge < -0.3 is 15.2 Å². The van der Waals surface area contributed by atoms with Crippen molar-refractivity contribution in [3.8, 4) is 11.1 Å². The molecule has 1 unspecified atom stereocenters. The number of nitrogens with one attached hydrogen (secondary N) is 2. The fourth-order valence-corrected chi connectivity index (χ4v) is 4.54. The molecule has 0 amide bonds. The molecule has 1 saturated carbocycles. The minimum atomic E-state index is 0.511. The number of halogens is 1. The first-order valence-corrected chi connectivity index (χ1v) is 10.7. The maximum Gasteiger partial charge on any atom is 0.137 e. The lowest BCUT2D eigenvalue weighted by atomic mass is 9.97. The zero-order chi connectivity index (χ0) is 18.9. The van der Waals surface area contributed by atoms with E-state index >= 15 is 0 Å². The van der Waals surface area contributed by atoms with E-state index in [0.29, 0.717) is 11.1 Å². The summed E-state index contributed by atoms with van der Waals surface area (Å²) < 4.78 is 0. The van der Waals surface area contributed by atoms with Crippen LogP contribution >= 0.6 is 11.6 Å². The highest BCUT2D eigenvalue weighted by atomic mass is 35.5. The third-order valence-corrected chi connectivity index (χ3v) is 6.14. The van der Waals surface area contributed by atoms with Crippen molar-refractivity contribution in [3.05, 3.63) is 41.8 Å². The summed E-state index contributed by atoms with van der Waals surface area (Å²) >= 11 is 6.34. The lowest BCUT2D eigenvalue weighted by molar-refractivity contribution is 0.174. The van der Waals surface area contributed by atoms with Gasteiger partial charge in [0.05, 0.1) is 0 Å². The van der Waals surface area contributed by atoms with Gasteiger partial charge in [0.25, 0.3) is 0 Å². The van der Waals surface area contributed by atoms with Crippen molar-refractivity contribution in [2.45, 2.75) is 25.7 Å². The van der Waals surface area contributed by atoms with Crippen LogP contribution in [0.5, 0.6) is 0 Å². The van der Waals surface area contributed by atoms with E-state index in [1.54, 1.807) is 6.20 Å². The Labute approximate surface area is 170 Å². The molecule has 2 fully saturated rings. The normalized spacial score (nSPS) is 20.5. The van der Waals surface area contributed by atoms with Crippen molar-refractivity contribution in [1.82, 2.24) is 19.9 Å². The van der Waals surface area contributed by atoms with E-state index in [1.807, 2.05) is 18.3 Å². The van der Waals surface area contributed by atoms with Crippen LogP contribution < -0.4 is 5.32 Å². The van der Waals surface area contributed by atoms with E-state index < -0.39 is 0 Å². The van der Waals surface area contributed by atoms with E-state index in [2.05, 4.69) is 37.3 Å². The van der Waals surface area contributed by atoms with E-state index in [9.17, 15) is 0 Å². The summed E-state index contributed by atoms with van der Waals surface area (Å²) in [5.74, 6) is 2.49. The Bertz CT molecular complexity index is 964. The van der Waals surface area contributed by atoms with Crippen molar-refractivity contribution in [1.29, 1.82) is 0 Å². The van der Waals surface area contributed by atoms with Crippen molar-refractivity contribution >= 4 is 28.5 Å². The number of pyridine rings is 2. The van der Waals surface area contributed by atoms with Crippen LogP contribution in [0.15, 0.2) is 36.7 Å². The van der Waals surface area contributed by atoms with Gasteiger partial charge in [0.1, 0.15) is 16.6 Å². The fraction of sp³-hybridized carbons (Fsp3) is 0.455. The highest BCUT2D eigenvalue weighted by Gasteiger charge is 2.27. The van der Waals surface area contributed by atoms with Gasteiger partial charge in [0.2, 0.25) is 0 Å². The second-order valence-corrected chi connectivity index (χ2v) is 8.65. The first-order valence-electron chi connectivity index (χ1n) is 10.3. The molecular weight excluding hydrogens is 370 g/mol. The molecule has 0 aromatic carbocycles. The Morgan fingerprint density at radius 2 is 2.14 bits per heavy atom. The molecule has 5 nitrogen and oxygen atoms in total. The molecule has 28 heavy (non-hydrogen) atoms. The number of aromatic amines is 1. The summed E-state index contributed by atoms with van der Waals surface area (Å²) in [7, 11) is 0. The molecule has 6 heteroatoms. The molecule has 1 aliphatic carbocycles. The molecule has 3 aromatic heterocycles. The molecule has 1 atom stereocenters. The summed E-state index contributed by atoms with van der Waals surface area (Å²) in [6.45, 7) is 4.71. The van der Waals surface area contributed by atoms with Gasteiger partial charge in [0.15, 0.2) is 0 Å². The average molecular weight is 396 g/mol. The molecule has 0 radical (unpaired) electrons. The molecular formula is C22H26ClN5. The fourth-order valence-electron chi connectivity index (χ4n) is 4.34. The third kappa shape index (κ3) is 4.01. The third-order valence-electron chi connectivity index (χ3n) is 5.94. The number of rotatable bonds is 6. The average Bonchev–Trinajstić information content (AvgIpc) is 3.41. The van der Waals surface area contributed by atoms with Gasteiger partial charge in [-0.15, -0.1) is 0 Å². The van der Waals surface area contributed by atoms with E-state index in [1.165, 1.54) is 45.3 Å². The number of anilines is 1. The van der Waals surface area contributed by atoms with Crippen molar-refractivity contribution in [2.24, 2.45) is 11.8 Å². The zero-order valence-electron chi connectivity index (χ0n) is 16.0. The Kier molecular flexibility index (Phi) is 4.95. The van der Waals surface area contributed by atoms with Crippen LogP contribution in [0, 0.1) is 11.8 Å². The second kappa shape index (κ2) is 7.72. The molecule has 1 aliphatic heterocycles. The number of H-pyrrole nitrogens is 1. The molecule has 1 saturated heterocycles. The van der Waals surface area contributed by atoms with Gasteiger partial charge in [-0.25, -0.2) is 9.97 Å². The Morgan fingerprint density at radius 3 is 3.04 bits per heavy atom. The van der Waals surface area contributed by atoms with E-state index in [0.717, 1.165) is 40.4 Å². The van der Waals surface area contributed by atoms with E-state index in [4.69, 9.17) is 11.6 Å². The predicted molar refractivity (Wildman–Crippen MR) is 115 cm³/mol. The maximum absolute atomic E-state index is 6.34. The van der Waals surface area contributed by atoms with Gasteiger partial charge in [-0.05, 0) is 73.9 Å². The van der Waals surface area contributed by atoms with Crippen molar-refractivity contribution < 1.29 is 0 Å². The number of fused-ring (bicyclic) bond motifs is 1. The number of piperidine rings is 1. The van der Waals surface area contributed by atoms with E-state index in [-0.39, 0.29) is 0 Å². The standard InChI is InChI=1S/C22H26ClN5/c23-20-9-17(19-12-26-22-18(19)4-1-7-24-22)10-21(27-20)25-11-16-3-2-8-28(14-16)13-15-5-6-15/h1,4,7,9-10,12,15-16H,2-3,5-6,8,11,13-14H2,(H,24,26)(H,25,27). The quantitative estimate of drug-likeness (QED) is 0.588. The van der Waals surface area contributed by atoms with Crippen LogP contribution in [0.3, 0.4) is 0 Å². The molecule has 2 N–H and O–H groups in total. The highest BCUT2D eigenvalue weighted by molar-refractivity contribution is 6.29. The number of hydrogen-bond acceptors (Lipinski definition) is 4. The summed E-state index contributed by atoms with van der Waals surface area (Å²) in [6.07, 6.45) is 9.23. The molecule has 146 valence electrons. The summed E-state index contributed by atoms with van der Waals surface area (Å²) in [5, 5.41) is 5.15. The van der Waals surface area contributed by atoms with Gasteiger partial charge in [-0.3, -0.25) is 0 Å². The monoisotopic (exact) mass is 395 g/mol. The Morgan fingerprint density at radius 1 is 1.21 bits per heavy atom. The number of aromatic nitrogens is 3. The minimum Gasteiger partial charge on any atom is -0.370 e. The Hall–Kier alpha value is -2.11. The summed E-state index contributed by atoms with van der Waals surface area (Å²) in [4.78, 5) is 14.8. The first kappa shape index (κ1) is 18.0. The molecule has 3 aromatic rings. The molecule has 0 spiro atoms. The molecule has 5 rings (SSSR count). The van der Waals surface area contributed by atoms with Crippen LogP contribution in [0.25, 0.3) is 22.2 Å². The van der Waals surface area contributed by atoms with Crippen LogP contribution in [0.2, 0.25) is 5.15 Å². The van der Waals surface area contributed by atoms with Crippen LogP contribution in [-0.4, -0.2) is 46.0 Å². The minimum absolute atomic E-state index is 0.511. The molecule has 4 heterocycles. The zero-order valence-corrected chi connectivity index (χ0v) is 16.8. The van der Waals surface area contributed by atoms with Crippen molar-refractivity contribution in [2.75, 3.05) is 31.5 Å². The van der Waals surface area contributed by atoms with Crippen LogP contribution in [0.4, 0.5) is 5.82 Å². The predicted octanol–water partition coefficient (Wildman–Crippen LogP) is 4.81. The van der Waals surface area contributed by atoms with Gasteiger partial charge in [-0.2, -0.15) is 0 Å². The van der Waals surface area contributed by atoms with Crippen LogP contribution in [0.1, 0.15) is 25.7 Å². The molecule has 0 bridgehead atoms. The van der Waals surface area contributed by atoms with Gasteiger partial charge in [-0.1, -0.05) is 11.6 Å². The number of hydrogen-bond donors (Lipinski definition) is 2. The van der Waals surface area contributed by atoms with Crippen molar-refractivity contribution in [3.63, 3.8) is 0 Å².